The van der Waals surface area contributed by atoms with E-state index in [0.717, 1.165) is 38.5 Å². The molecule has 0 amide bonds. The number of aliphatic hydroxyl groups excluding tert-OH is 3. The Morgan fingerprint density at radius 3 is 1.29 bits per heavy atom. The summed E-state index contributed by atoms with van der Waals surface area (Å²) in [6.07, 6.45) is 48.2. The molecule has 1 rings (SSSR count). The standard InChI is InChI=1S/C57H110O12S/c1-3-5-7-9-11-13-15-17-19-21-23-25-26-27-28-30-32-34-36-38-40-42-44-46-53(59)67-51(50-66-57-55(61)56(69-70(62,63)64)54(60)52(48-58)68-57)49-65-47-45-43-41-39-37-35-33-31-29-24-22-20-18-16-14-12-10-8-6-4-2/h21,23,51-52,54-58,60-61H,3-20,22,24-50H2,1-2H3,(H,62,63,64)/b23-21-. The van der Waals surface area contributed by atoms with Gasteiger partial charge in [-0.25, -0.2) is 4.18 Å². The van der Waals surface area contributed by atoms with E-state index in [1.165, 1.54) is 218 Å². The highest BCUT2D eigenvalue weighted by Crippen LogP contribution is 2.26. The smallest absolute Gasteiger partial charge is 0.397 e. The topological polar surface area (TPSA) is 178 Å². The summed E-state index contributed by atoms with van der Waals surface area (Å²) in [5.74, 6) is -0.392. The molecule has 6 unspecified atom stereocenters. The lowest BCUT2D eigenvalue weighted by Crippen LogP contribution is -2.60. The fourth-order valence-corrected chi connectivity index (χ4v) is 9.94. The number of unbranched alkanes of at least 4 members (excludes halogenated alkanes) is 38. The van der Waals surface area contributed by atoms with Crippen molar-refractivity contribution in [1.29, 1.82) is 0 Å². The Balaban J connectivity index is 2.28. The average molecular weight is 1020 g/mol. The molecule has 0 saturated carbocycles. The first-order valence-corrected chi connectivity index (χ1v) is 30.8. The normalized spacial score (nSPS) is 19.1. The first kappa shape index (κ1) is 66.9. The van der Waals surface area contributed by atoms with Crippen molar-refractivity contribution in [2.75, 3.05) is 26.4 Å². The number of carbonyl (C=O) groups is 1. The van der Waals surface area contributed by atoms with Crippen molar-refractivity contribution >= 4 is 16.4 Å². The molecule has 0 spiro atoms. The summed E-state index contributed by atoms with van der Waals surface area (Å²) in [4.78, 5) is 13.0. The third-order valence-electron chi connectivity index (χ3n) is 13.9. The number of esters is 1. The van der Waals surface area contributed by atoms with E-state index in [1.54, 1.807) is 0 Å². The van der Waals surface area contributed by atoms with Crippen LogP contribution in [0.2, 0.25) is 0 Å². The van der Waals surface area contributed by atoms with Crippen LogP contribution < -0.4 is 0 Å². The summed E-state index contributed by atoms with van der Waals surface area (Å²) in [5.41, 5.74) is 0. The quantitative estimate of drug-likeness (QED) is 0.0196. The first-order chi connectivity index (χ1) is 34.1. The molecule has 0 aliphatic carbocycles. The number of ether oxygens (including phenoxy) is 4. The highest BCUT2D eigenvalue weighted by Gasteiger charge is 2.48. The van der Waals surface area contributed by atoms with Gasteiger partial charge in [0.15, 0.2) is 6.29 Å². The molecule has 12 nitrogen and oxygen atoms in total. The van der Waals surface area contributed by atoms with Crippen molar-refractivity contribution in [3.63, 3.8) is 0 Å². The van der Waals surface area contributed by atoms with Crippen molar-refractivity contribution in [2.24, 2.45) is 0 Å². The summed E-state index contributed by atoms with van der Waals surface area (Å²) in [7, 11) is -5.06. The van der Waals surface area contributed by atoms with Gasteiger partial charge in [-0.05, 0) is 38.5 Å². The zero-order valence-electron chi connectivity index (χ0n) is 45.1. The molecule has 0 aromatic heterocycles. The van der Waals surface area contributed by atoms with E-state index in [0.29, 0.717) is 13.0 Å². The van der Waals surface area contributed by atoms with Gasteiger partial charge in [-0.2, -0.15) is 8.42 Å². The molecule has 13 heteroatoms. The second kappa shape index (κ2) is 48.8. The first-order valence-electron chi connectivity index (χ1n) is 29.4. The van der Waals surface area contributed by atoms with E-state index >= 15 is 0 Å². The Bertz CT molecular complexity index is 1270. The van der Waals surface area contributed by atoms with Crippen LogP contribution in [0, 0.1) is 0 Å². The maximum absolute atomic E-state index is 13.0. The van der Waals surface area contributed by atoms with Gasteiger partial charge in [-0.1, -0.05) is 251 Å². The molecule has 1 fully saturated rings. The van der Waals surface area contributed by atoms with Gasteiger partial charge in [0, 0.05) is 13.0 Å². The molecule has 70 heavy (non-hydrogen) atoms. The predicted molar refractivity (Wildman–Crippen MR) is 285 cm³/mol. The molecular weight excluding hydrogens is 909 g/mol. The molecular formula is C57H110O12S. The van der Waals surface area contributed by atoms with E-state index in [2.05, 4.69) is 30.2 Å². The van der Waals surface area contributed by atoms with Gasteiger partial charge in [0.1, 0.15) is 30.5 Å². The largest absolute Gasteiger partial charge is 0.457 e. The number of aliphatic hydroxyl groups is 3. The molecule has 0 aromatic rings. The zero-order chi connectivity index (χ0) is 51.0. The van der Waals surface area contributed by atoms with Crippen LogP contribution >= 0.6 is 0 Å². The monoisotopic (exact) mass is 1020 g/mol. The van der Waals surface area contributed by atoms with E-state index in [-0.39, 0.29) is 19.6 Å². The lowest BCUT2D eigenvalue weighted by atomic mass is 9.99. The van der Waals surface area contributed by atoms with Gasteiger partial charge < -0.3 is 34.3 Å². The van der Waals surface area contributed by atoms with Crippen LogP contribution in [0.25, 0.3) is 0 Å². The van der Waals surface area contributed by atoms with Gasteiger partial charge in [-0.15, -0.1) is 0 Å². The van der Waals surface area contributed by atoms with Crippen LogP contribution in [0.15, 0.2) is 12.2 Å². The van der Waals surface area contributed by atoms with Gasteiger partial charge in [0.2, 0.25) is 0 Å². The third-order valence-corrected chi connectivity index (χ3v) is 14.4. The highest BCUT2D eigenvalue weighted by molar-refractivity contribution is 7.80. The molecule has 0 aromatic carbocycles. The Morgan fingerprint density at radius 2 is 0.900 bits per heavy atom. The summed E-state index contributed by atoms with van der Waals surface area (Å²) in [6, 6.07) is 0. The van der Waals surface area contributed by atoms with Gasteiger partial charge in [0.05, 0.1) is 19.8 Å². The summed E-state index contributed by atoms with van der Waals surface area (Å²) >= 11 is 0. The van der Waals surface area contributed by atoms with E-state index in [4.69, 9.17) is 18.9 Å². The Labute approximate surface area is 429 Å². The minimum absolute atomic E-state index is 0.0428. The molecule has 1 aliphatic heterocycles. The molecule has 6 atom stereocenters. The highest BCUT2D eigenvalue weighted by atomic mass is 32.3. The molecule has 416 valence electrons. The SMILES string of the molecule is CCCCCCCCCC/C=C\CCCCCCCCCCCCCC(=O)OC(COCCCCCCCCCCCCCCCCCCCCCC)COC1OC(CO)C(O)C(OS(=O)(=O)O)C1O. The van der Waals surface area contributed by atoms with E-state index in [9.17, 15) is 33.1 Å². The van der Waals surface area contributed by atoms with Gasteiger partial charge in [-0.3, -0.25) is 9.35 Å². The van der Waals surface area contributed by atoms with Crippen molar-refractivity contribution in [2.45, 2.75) is 320 Å². The van der Waals surface area contributed by atoms with Gasteiger partial charge >= 0.3 is 16.4 Å². The molecule has 0 radical (unpaired) electrons. The lowest BCUT2D eigenvalue weighted by molar-refractivity contribution is -0.301. The number of hydrogen-bond donors (Lipinski definition) is 4. The second-order valence-electron chi connectivity index (χ2n) is 20.6. The second-order valence-corrected chi connectivity index (χ2v) is 21.6. The van der Waals surface area contributed by atoms with Crippen molar-refractivity contribution in [3.05, 3.63) is 12.2 Å². The van der Waals surface area contributed by atoms with Crippen LogP contribution in [-0.4, -0.2) is 97.5 Å². The number of hydrogen-bond acceptors (Lipinski definition) is 11. The molecule has 1 saturated heterocycles. The molecule has 4 N–H and O–H groups in total. The Morgan fingerprint density at radius 1 is 0.529 bits per heavy atom. The van der Waals surface area contributed by atoms with Gasteiger partial charge in [0.25, 0.3) is 0 Å². The molecule has 1 heterocycles. The number of rotatable bonds is 53. The number of carbonyl (C=O) groups excluding carboxylic acids is 1. The fraction of sp³-hybridized carbons (Fsp3) is 0.947. The van der Waals surface area contributed by atoms with Crippen molar-refractivity contribution in [3.8, 4) is 0 Å². The fourth-order valence-electron chi connectivity index (χ4n) is 9.44. The minimum Gasteiger partial charge on any atom is -0.457 e. The van der Waals surface area contributed by atoms with E-state index in [1.807, 2.05) is 0 Å². The van der Waals surface area contributed by atoms with Crippen LogP contribution in [-0.2, 0) is 38.3 Å². The average Bonchev–Trinajstić information content (AvgIpc) is 3.34. The maximum atomic E-state index is 13.0. The van der Waals surface area contributed by atoms with Crippen LogP contribution in [0.4, 0.5) is 0 Å². The number of allylic oxidation sites excluding steroid dienone is 2. The van der Waals surface area contributed by atoms with Crippen molar-refractivity contribution < 1.29 is 56.2 Å². The Hall–Kier alpha value is -1.16. The molecule has 0 bridgehead atoms. The van der Waals surface area contributed by atoms with Crippen LogP contribution in [0.5, 0.6) is 0 Å². The third kappa shape index (κ3) is 41.2. The summed E-state index contributed by atoms with van der Waals surface area (Å²) in [6.45, 7) is 4.07. The molecule has 1 aliphatic rings. The zero-order valence-corrected chi connectivity index (χ0v) is 45.9. The van der Waals surface area contributed by atoms with E-state index < -0.39 is 59.8 Å². The van der Waals surface area contributed by atoms with Crippen molar-refractivity contribution in [1.82, 2.24) is 0 Å². The maximum Gasteiger partial charge on any atom is 0.397 e. The predicted octanol–water partition coefficient (Wildman–Crippen LogP) is 14.5. The Kier molecular flexibility index (Phi) is 46.6. The lowest BCUT2D eigenvalue weighted by Gasteiger charge is -2.41. The summed E-state index contributed by atoms with van der Waals surface area (Å²) < 4.78 is 59.5. The van der Waals surface area contributed by atoms with Crippen LogP contribution in [0.1, 0.15) is 284 Å². The minimum atomic E-state index is -5.06. The van der Waals surface area contributed by atoms with Crippen LogP contribution in [0.3, 0.4) is 0 Å². The summed E-state index contributed by atoms with van der Waals surface area (Å²) in [5, 5.41) is 30.8.